The van der Waals surface area contributed by atoms with Gasteiger partial charge in [-0.3, -0.25) is 4.79 Å². The van der Waals surface area contributed by atoms with E-state index in [0.717, 1.165) is 11.5 Å². The molecule has 1 saturated heterocycles. The molecule has 5 heteroatoms. The number of ether oxygens (including phenoxy) is 1. The molecule has 0 N–H and O–H groups in total. The molecular formula is C20H28N2O3. The van der Waals surface area contributed by atoms with E-state index in [2.05, 4.69) is 24.3 Å². The van der Waals surface area contributed by atoms with E-state index in [-0.39, 0.29) is 12.0 Å². The molecule has 0 atom stereocenters. The molecule has 1 saturated carbocycles. The third kappa shape index (κ3) is 4.97. The lowest BCUT2D eigenvalue weighted by Gasteiger charge is -2.35. The van der Waals surface area contributed by atoms with Gasteiger partial charge >= 0.3 is 6.09 Å². The van der Waals surface area contributed by atoms with Crippen molar-refractivity contribution in [1.29, 1.82) is 0 Å². The van der Waals surface area contributed by atoms with Crippen molar-refractivity contribution in [3.05, 3.63) is 35.4 Å². The summed E-state index contributed by atoms with van der Waals surface area (Å²) in [5, 5.41) is 0. The van der Waals surface area contributed by atoms with Crippen LogP contribution in [0.1, 0.15) is 50.7 Å². The smallest absolute Gasteiger partial charge is 0.410 e. The Morgan fingerprint density at radius 1 is 1.00 bits per heavy atom. The average Bonchev–Trinajstić information content (AvgIpc) is 3.39. The zero-order valence-electron chi connectivity index (χ0n) is 15.5. The van der Waals surface area contributed by atoms with Gasteiger partial charge in [-0.15, -0.1) is 0 Å². The molecule has 5 nitrogen and oxygen atoms in total. The molecule has 1 aliphatic heterocycles. The quantitative estimate of drug-likeness (QED) is 0.846. The molecule has 0 radical (unpaired) electrons. The summed E-state index contributed by atoms with van der Waals surface area (Å²) in [6.07, 6.45) is 2.72. The molecule has 0 aromatic heterocycles. The SMILES string of the molecule is CC(C)(C)OC(=O)N1CCN(C(=O)Cc2ccc(C3CC3)cc2)CC1. The molecule has 0 spiro atoms. The first-order chi connectivity index (χ1) is 11.8. The lowest BCUT2D eigenvalue weighted by molar-refractivity contribution is -0.132. The molecule has 1 heterocycles. The highest BCUT2D eigenvalue weighted by atomic mass is 16.6. The maximum absolute atomic E-state index is 12.5. The van der Waals surface area contributed by atoms with Gasteiger partial charge < -0.3 is 14.5 Å². The highest BCUT2D eigenvalue weighted by Gasteiger charge is 2.28. The largest absolute Gasteiger partial charge is 0.444 e. The van der Waals surface area contributed by atoms with Crippen molar-refractivity contribution in [3.63, 3.8) is 0 Å². The topological polar surface area (TPSA) is 49.9 Å². The van der Waals surface area contributed by atoms with Crippen LogP contribution in [0, 0.1) is 0 Å². The van der Waals surface area contributed by atoms with Gasteiger partial charge in [0, 0.05) is 26.2 Å². The number of hydrogen-bond donors (Lipinski definition) is 0. The highest BCUT2D eigenvalue weighted by molar-refractivity contribution is 5.79. The number of nitrogens with zero attached hydrogens (tertiary/aromatic N) is 2. The predicted molar refractivity (Wildman–Crippen MR) is 96.5 cm³/mol. The summed E-state index contributed by atoms with van der Waals surface area (Å²) in [5.74, 6) is 0.869. The molecule has 25 heavy (non-hydrogen) atoms. The van der Waals surface area contributed by atoms with Gasteiger partial charge in [-0.05, 0) is 50.7 Å². The maximum Gasteiger partial charge on any atom is 0.410 e. The molecular weight excluding hydrogens is 316 g/mol. The number of piperazine rings is 1. The fraction of sp³-hybridized carbons (Fsp3) is 0.600. The molecule has 3 rings (SSSR count). The van der Waals surface area contributed by atoms with Crippen LogP contribution in [0.4, 0.5) is 4.79 Å². The first kappa shape index (κ1) is 17.8. The zero-order chi connectivity index (χ0) is 18.0. The summed E-state index contributed by atoms with van der Waals surface area (Å²) in [6.45, 7) is 7.77. The molecule has 1 aromatic carbocycles. The lowest BCUT2D eigenvalue weighted by atomic mass is 10.1. The van der Waals surface area contributed by atoms with E-state index in [1.54, 1.807) is 4.90 Å². The Morgan fingerprint density at radius 2 is 1.56 bits per heavy atom. The van der Waals surface area contributed by atoms with Crippen molar-refractivity contribution in [1.82, 2.24) is 9.80 Å². The average molecular weight is 344 g/mol. The van der Waals surface area contributed by atoms with Gasteiger partial charge in [-0.25, -0.2) is 4.79 Å². The summed E-state index contributed by atoms with van der Waals surface area (Å²) >= 11 is 0. The Hall–Kier alpha value is -2.04. The summed E-state index contributed by atoms with van der Waals surface area (Å²) in [5.41, 5.74) is 1.96. The second-order valence-electron chi connectivity index (χ2n) is 8.04. The minimum atomic E-state index is -0.489. The number of carbonyl (C=O) groups is 2. The number of rotatable bonds is 3. The molecule has 0 unspecified atom stereocenters. The van der Waals surface area contributed by atoms with Gasteiger partial charge in [0.1, 0.15) is 5.60 Å². The van der Waals surface area contributed by atoms with Crippen LogP contribution in [-0.2, 0) is 16.0 Å². The molecule has 2 aliphatic rings. The molecule has 136 valence electrons. The van der Waals surface area contributed by atoms with Crippen molar-refractivity contribution < 1.29 is 14.3 Å². The van der Waals surface area contributed by atoms with E-state index in [0.29, 0.717) is 32.6 Å². The van der Waals surface area contributed by atoms with Crippen LogP contribution in [0.3, 0.4) is 0 Å². The molecule has 0 bridgehead atoms. The van der Waals surface area contributed by atoms with E-state index < -0.39 is 5.60 Å². The zero-order valence-corrected chi connectivity index (χ0v) is 15.5. The maximum atomic E-state index is 12.5. The van der Waals surface area contributed by atoms with Crippen LogP contribution in [-0.4, -0.2) is 53.6 Å². The van der Waals surface area contributed by atoms with Crippen LogP contribution in [0.2, 0.25) is 0 Å². The number of benzene rings is 1. The second-order valence-corrected chi connectivity index (χ2v) is 8.04. The van der Waals surface area contributed by atoms with Crippen molar-refractivity contribution in [2.24, 2.45) is 0 Å². The van der Waals surface area contributed by atoms with Gasteiger partial charge in [-0.2, -0.15) is 0 Å². The first-order valence-corrected chi connectivity index (χ1v) is 9.16. The van der Waals surface area contributed by atoms with Crippen LogP contribution < -0.4 is 0 Å². The fourth-order valence-electron chi connectivity index (χ4n) is 3.08. The molecule has 1 aromatic rings. The monoisotopic (exact) mass is 344 g/mol. The third-order valence-electron chi connectivity index (χ3n) is 4.67. The van der Waals surface area contributed by atoms with Gasteiger partial charge in [0.05, 0.1) is 6.42 Å². The number of carbonyl (C=O) groups excluding carboxylic acids is 2. The van der Waals surface area contributed by atoms with E-state index in [1.807, 2.05) is 25.7 Å². The van der Waals surface area contributed by atoms with Crippen LogP contribution in [0.15, 0.2) is 24.3 Å². The van der Waals surface area contributed by atoms with Crippen molar-refractivity contribution in [2.45, 2.75) is 51.6 Å². The minimum Gasteiger partial charge on any atom is -0.444 e. The van der Waals surface area contributed by atoms with E-state index in [9.17, 15) is 9.59 Å². The van der Waals surface area contributed by atoms with Gasteiger partial charge in [0.25, 0.3) is 0 Å². The lowest BCUT2D eigenvalue weighted by Crippen LogP contribution is -2.51. The Morgan fingerprint density at radius 3 is 2.08 bits per heavy atom. The summed E-state index contributed by atoms with van der Waals surface area (Å²) in [6, 6.07) is 8.45. The molecule has 2 amide bonds. The van der Waals surface area contributed by atoms with Crippen LogP contribution >= 0.6 is 0 Å². The standard InChI is InChI=1S/C20H28N2O3/c1-20(2,3)25-19(24)22-12-10-21(11-13-22)18(23)14-15-4-6-16(7-5-15)17-8-9-17/h4-7,17H,8-14H2,1-3H3. The van der Waals surface area contributed by atoms with Crippen molar-refractivity contribution in [3.8, 4) is 0 Å². The first-order valence-electron chi connectivity index (χ1n) is 9.16. The molecule has 1 aliphatic carbocycles. The van der Waals surface area contributed by atoms with E-state index in [4.69, 9.17) is 4.74 Å². The van der Waals surface area contributed by atoms with Crippen molar-refractivity contribution >= 4 is 12.0 Å². The Bertz CT molecular complexity index is 621. The Labute approximate surface area is 149 Å². The normalized spacial score (nSPS) is 18.2. The highest BCUT2D eigenvalue weighted by Crippen LogP contribution is 2.39. The van der Waals surface area contributed by atoms with Crippen LogP contribution in [0.25, 0.3) is 0 Å². The summed E-state index contributed by atoms with van der Waals surface area (Å²) in [4.78, 5) is 28.1. The van der Waals surface area contributed by atoms with Gasteiger partial charge in [0.15, 0.2) is 0 Å². The minimum absolute atomic E-state index is 0.128. The van der Waals surface area contributed by atoms with E-state index in [1.165, 1.54) is 18.4 Å². The Kier molecular flexibility index (Phi) is 5.02. The number of amides is 2. The second kappa shape index (κ2) is 7.06. The fourth-order valence-corrected chi connectivity index (χ4v) is 3.08. The summed E-state index contributed by atoms with van der Waals surface area (Å²) in [7, 11) is 0. The van der Waals surface area contributed by atoms with E-state index >= 15 is 0 Å². The molecule has 2 fully saturated rings. The van der Waals surface area contributed by atoms with Crippen molar-refractivity contribution in [2.75, 3.05) is 26.2 Å². The Balaban J connectivity index is 1.47. The number of hydrogen-bond acceptors (Lipinski definition) is 3. The van der Waals surface area contributed by atoms with Crippen LogP contribution in [0.5, 0.6) is 0 Å². The summed E-state index contributed by atoms with van der Waals surface area (Å²) < 4.78 is 5.39. The predicted octanol–water partition coefficient (Wildman–Crippen LogP) is 3.19. The van der Waals surface area contributed by atoms with Gasteiger partial charge in [0.2, 0.25) is 5.91 Å². The third-order valence-corrected chi connectivity index (χ3v) is 4.67. The van der Waals surface area contributed by atoms with Gasteiger partial charge in [-0.1, -0.05) is 24.3 Å².